The molecule has 0 nitrogen and oxygen atoms in total. The van der Waals surface area contributed by atoms with Gasteiger partial charge < -0.3 is 24.8 Å². The van der Waals surface area contributed by atoms with Crippen molar-refractivity contribution >= 4 is 40.1 Å². The van der Waals surface area contributed by atoms with E-state index in [4.69, 9.17) is 0 Å². The van der Waals surface area contributed by atoms with Crippen LogP contribution < -0.4 is 35.4 Å². The van der Waals surface area contributed by atoms with Crippen LogP contribution in [0.25, 0.3) is 21.5 Å². The molecule has 4 aromatic rings. The van der Waals surface area contributed by atoms with Crippen LogP contribution >= 0.6 is 7.92 Å². The van der Waals surface area contributed by atoms with E-state index in [0.717, 1.165) is 0 Å². The average Bonchev–Trinajstić information content (AvgIpc) is 3.28. The minimum atomic E-state index is -0.300. The summed E-state index contributed by atoms with van der Waals surface area (Å²) in [5.74, 6) is 0. The zero-order valence-corrected chi connectivity index (χ0v) is 24.4. The van der Waals surface area contributed by atoms with E-state index in [1.54, 1.807) is 10.6 Å². The van der Waals surface area contributed by atoms with Crippen molar-refractivity contribution in [1.82, 2.24) is 0 Å². The number of hydrogen-bond donors (Lipinski definition) is 0. The Morgan fingerprint density at radius 1 is 0.700 bits per heavy atom. The third-order valence-electron chi connectivity index (χ3n) is 5.97. The standard InChI is InChI=1S/C26H29P.2ClH.Hf/c1-6-7-12-27(21-13-23-17(2)8-9-18(3)24(23)14-21)22-15-25-19(4)10-11-20(5)26(25)16-22;;;/h8-11,13-16H,6-7,12H2,1-5H3;2*1H;/q-2;;;+4/p-2. The molecular weight excluding hydrogens is 593 g/mol. The van der Waals surface area contributed by atoms with Crippen molar-refractivity contribution in [2.24, 2.45) is 0 Å². The summed E-state index contributed by atoms with van der Waals surface area (Å²) in [6, 6.07) is 19.0. The minimum absolute atomic E-state index is 0. The third kappa shape index (κ3) is 5.12. The van der Waals surface area contributed by atoms with Crippen molar-refractivity contribution in [2.75, 3.05) is 6.16 Å². The van der Waals surface area contributed by atoms with Crippen LogP contribution in [0, 0.1) is 27.7 Å². The van der Waals surface area contributed by atoms with Crippen LogP contribution in [0.4, 0.5) is 0 Å². The zero-order valence-electron chi connectivity index (χ0n) is 18.4. The molecule has 4 aromatic carbocycles. The van der Waals surface area contributed by atoms with Gasteiger partial charge in [0.25, 0.3) is 0 Å². The first-order valence-corrected chi connectivity index (χ1v) is 11.6. The zero-order chi connectivity index (χ0) is 19.1. The average molecular weight is 622 g/mol. The molecule has 156 valence electrons. The Morgan fingerprint density at radius 3 is 1.47 bits per heavy atom. The van der Waals surface area contributed by atoms with Gasteiger partial charge in [0, 0.05) is 0 Å². The smallest absolute Gasteiger partial charge is 1.00 e. The second kappa shape index (κ2) is 11.4. The van der Waals surface area contributed by atoms with E-state index in [0.29, 0.717) is 0 Å². The van der Waals surface area contributed by atoms with Gasteiger partial charge in [-0.05, 0) is 26.4 Å². The predicted molar refractivity (Wildman–Crippen MR) is 124 cm³/mol. The van der Waals surface area contributed by atoms with E-state index in [1.807, 2.05) is 0 Å². The molecule has 0 aromatic heterocycles. The molecule has 0 radical (unpaired) electrons. The molecule has 0 bridgehead atoms. The fraction of sp³-hybridized carbons (Fsp3) is 0.308. The van der Waals surface area contributed by atoms with Gasteiger partial charge in [0.15, 0.2) is 0 Å². The number of unbranched alkanes of at least 4 members (excludes halogenated alkanes) is 1. The first-order valence-electron chi connectivity index (χ1n) is 10.1. The summed E-state index contributed by atoms with van der Waals surface area (Å²) in [6.45, 7) is 11.3. The van der Waals surface area contributed by atoms with Crippen LogP contribution in [-0.4, -0.2) is 6.16 Å². The summed E-state index contributed by atoms with van der Waals surface area (Å²) in [7, 11) is -0.300. The summed E-state index contributed by atoms with van der Waals surface area (Å²) in [4.78, 5) is 0. The van der Waals surface area contributed by atoms with Crippen molar-refractivity contribution in [3.05, 3.63) is 70.8 Å². The van der Waals surface area contributed by atoms with Crippen LogP contribution in [0.15, 0.2) is 48.5 Å². The quantitative estimate of drug-likeness (QED) is 0.177. The topological polar surface area (TPSA) is 0 Å². The number of hydrogen-bond acceptors (Lipinski definition) is 0. The van der Waals surface area contributed by atoms with Gasteiger partial charge in [-0.3, -0.25) is 0 Å². The van der Waals surface area contributed by atoms with Gasteiger partial charge in [-0.25, -0.2) is 0 Å². The Bertz CT molecular complexity index is 959. The van der Waals surface area contributed by atoms with Gasteiger partial charge in [0.05, 0.1) is 0 Å². The second-order valence-corrected chi connectivity index (χ2v) is 10.3. The molecular formula is C26H29Cl2HfP. The van der Waals surface area contributed by atoms with Crippen molar-refractivity contribution in [2.45, 2.75) is 47.5 Å². The van der Waals surface area contributed by atoms with Crippen LogP contribution in [0.2, 0.25) is 0 Å². The SMILES string of the molecule is CCCCP(c1cc2c(C)ccc(C)c2[cH-]1)c1cc2c(C)ccc(C)c2[cH-]1.[Cl-].[Cl-].[Hf+4]. The fourth-order valence-electron chi connectivity index (χ4n) is 4.19. The number of fused-ring (bicyclic) bond motifs is 2. The van der Waals surface area contributed by atoms with E-state index in [9.17, 15) is 0 Å². The van der Waals surface area contributed by atoms with E-state index < -0.39 is 0 Å². The molecule has 4 heteroatoms. The summed E-state index contributed by atoms with van der Waals surface area (Å²) in [6.07, 6.45) is 3.84. The van der Waals surface area contributed by atoms with Crippen molar-refractivity contribution in [3.63, 3.8) is 0 Å². The van der Waals surface area contributed by atoms with Crippen molar-refractivity contribution < 1.29 is 50.7 Å². The minimum Gasteiger partial charge on any atom is -1.00 e. The van der Waals surface area contributed by atoms with E-state index in [1.165, 1.54) is 62.8 Å². The molecule has 0 fully saturated rings. The number of rotatable bonds is 5. The van der Waals surface area contributed by atoms with Crippen LogP contribution in [0.1, 0.15) is 42.0 Å². The molecule has 0 amide bonds. The first kappa shape index (κ1) is 27.6. The summed E-state index contributed by atoms with van der Waals surface area (Å²) in [5.41, 5.74) is 5.58. The maximum absolute atomic E-state index is 2.48. The first-order chi connectivity index (χ1) is 13.0. The number of aryl methyl sites for hydroxylation is 4. The van der Waals surface area contributed by atoms with E-state index >= 15 is 0 Å². The number of benzene rings is 2. The Morgan fingerprint density at radius 2 is 1.10 bits per heavy atom. The van der Waals surface area contributed by atoms with E-state index in [2.05, 4.69) is 83.1 Å². The molecule has 0 aliphatic carbocycles. The molecule has 0 unspecified atom stereocenters. The van der Waals surface area contributed by atoms with Gasteiger partial charge in [0.2, 0.25) is 0 Å². The number of halogens is 2. The van der Waals surface area contributed by atoms with Gasteiger partial charge in [-0.15, -0.1) is 67.5 Å². The summed E-state index contributed by atoms with van der Waals surface area (Å²) >= 11 is 0. The van der Waals surface area contributed by atoms with Crippen LogP contribution in [-0.2, 0) is 25.8 Å². The molecule has 0 N–H and O–H groups in total. The normalized spacial score (nSPS) is 10.7. The Hall–Kier alpha value is -0.460. The van der Waals surface area contributed by atoms with Gasteiger partial charge in [0.1, 0.15) is 0 Å². The third-order valence-corrected chi connectivity index (χ3v) is 8.50. The maximum Gasteiger partial charge on any atom is 4.00 e. The predicted octanol–water partition coefficient (Wildman–Crippen LogP) is 0.903. The van der Waals surface area contributed by atoms with Crippen molar-refractivity contribution in [1.29, 1.82) is 0 Å². The Kier molecular flexibility index (Phi) is 10.5. The molecule has 0 aliphatic heterocycles. The van der Waals surface area contributed by atoms with E-state index in [-0.39, 0.29) is 58.6 Å². The van der Waals surface area contributed by atoms with Crippen LogP contribution in [0.5, 0.6) is 0 Å². The molecule has 4 rings (SSSR count). The maximum atomic E-state index is 2.48. The Balaban J connectivity index is 0.00000150. The molecule has 0 saturated heterocycles. The van der Waals surface area contributed by atoms with Crippen LogP contribution in [0.3, 0.4) is 0 Å². The largest absolute Gasteiger partial charge is 4.00 e. The van der Waals surface area contributed by atoms with Gasteiger partial charge in [-0.2, -0.15) is 12.1 Å². The monoisotopic (exact) mass is 622 g/mol. The molecule has 30 heavy (non-hydrogen) atoms. The van der Waals surface area contributed by atoms with Gasteiger partial charge >= 0.3 is 25.8 Å². The summed E-state index contributed by atoms with van der Waals surface area (Å²) in [5, 5.41) is 8.87. The molecule has 0 heterocycles. The van der Waals surface area contributed by atoms with Crippen molar-refractivity contribution in [3.8, 4) is 0 Å². The Labute approximate surface area is 213 Å². The van der Waals surface area contributed by atoms with Gasteiger partial charge in [-0.1, -0.05) is 58.4 Å². The molecule has 0 saturated carbocycles. The molecule has 0 atom stereocenters. The fourth-order valence-corrected chi connectivity index (χ4v) is 6.77. The molecule has 0 aliphatic rings. The summed E-state index contributed by atoms with van der Waals surface area (Å²) < 4.78 is 0. The molecule has 0 spiro atoms. The second-order valence-electron chi connectivity index (χ2n) is 7.99.